The predicted octanol–water partition coefficient (Wildman–Crippen LogP) is 4.42. The molecule has 0 spiro atoms. The van der Waals surface area contributed by atoms with Crippen LogP contribution in [0.15, 0.2) is 48.5 Å². The highest BCUT2D eigenvalue weighted by molar-refractivity contribution is 6.42. The number of hydrogen-bond acceptors (Lipinski definition) is 2. The quantitative estimate of drug-likeness (QED) is 0.882. The van der Waals surface area contributed by atoms with Crippen molar-refractivity contribution >= 4 is 23.2 Å². The molecule has 0 aromatic heterocycles. The zero-order valence-electron chi connectivity index (χ0n) is 13.0. The molecule has 1 N–H and O–H groups in total. The maximum Gasteiger partial charge on any atom is 0.0624 e. The molecule has 1 aliphatic rings. The number of halogens is 2. The number of piperidine rings is 1. The second-order valence-corrected chi connectivity index (χ2v) is 7.04. The summed E-state index contributed by atoms with van der Waals surface area (Å²) in [5.41, 5.74) is 2.33. The van der Waals surface area contributed by atoms with Gasteiger partial charge in [0.05, 0.1) is 16.1 Å². The summed E-state index contributed by atoms with van der Waals surface area (Å²) in [7, 11) is 0. The number of hydrogen-bond donors (Lipinski definition) is 1. The molecule has 2 aromatic rings. The molecule has 1 heterocycles. The van der Waals surface area contributed by atoms with Crippen molar-refractivity contribution in [3.63, 3.8) is 0 Å². The van der Waals surface area contributed by atoms with Crippen molar-refractivity contribution in [1.29, 1.82) is 0 Å². The molecule has 1 aliphatic heterocycles. The molecule has 2 nitrogen and oxygen atoms in total. The standard InChI is InChI=1S/C19H21Cl2NO/c20-17-8-4-7-15(19(17)21)11-16-13-22(10-9-18(16)23)12-14-5-2-1-3-6-14/h1-8,16,18,23H,9-13H2. The monoisotopic (exact) mass is 349 g/mol. The van der Waals surface area contributed by atoms with Gasteiger partial charge >= 0.3 is 0 Å². The molecular formula is C19H21Cl2NO. The lowest BCUT2D eigenvalue weighted by Crippen LogP contribution is -2.43. The van der Waals surface area contributed by atoms with Gasteiger partial charge in [0.1, 0.15) is 0 Å². The number of rotatable bonds is 4. The van der Waals surface area contributed by atoms with Crippen molar-refractivity contribution in [3.05, 3.63) is 69.7 Å². The van der Waals surface area contributed by atoms with Crippen LogP contribution in [-0.2, 0) is 13.0 Å². The van der Waals surface area contributed by atoms with Gasteiger partial charge < -0.3 is 5.11 Å². The van der Waals surface area contributed by atoms with Crippen LogP contribution in [0.3, 0.4) is 0 Å². The fourth-order valence-electron chi connectivity index (χ4n) is 3.27. The Hall–Kier alpha value is -1.06. The average molecular weight is 350 g/mol. The number of aliphatic hydroxyl groups is 1. The van der Waals surface area contributed by atoms with E-state index >= 15 is 0 Å². The number of nitrogens with zero attached hydrogens (tertiary/aromatic N) is 1. The fourth-order valence-corrected chi connectivity index (χ4v) is 3.67. The van der Waals surface area contributed by atoms with E-state index in [9.17, 15) is 5.11 Å². The molecule has 1 fully saturated rings. The first-order valence-corrected chi connectivity index (χ1v) is 8.76. The summed E-state index contributed by atoms with van der Waals surface area (Å²) in [4.78, 5) is 2.41. The third kappa shape index (κ3) is 4.27. The van der Waals surface area contributed by atoms with E-state index in [2.05, 4.69) is 29.2 Å². The third-order valence-corrected chi connectivity index (χ3v) is 5.40. The van der Waals surface area contributed by atoms with Crippen LogP contribution < -0.4 is 0 Å². The first-order valence-electron chi connectivity index (χ1n) is 8.00. The topological polar surface area (TPSA) is 23.5 Å². The Bertz CT molecular complexity index is 647. The molecule has 0 amide bonds. The lowest BCUT2D eigenvalue weighted by Gasteiger charge is -2.36. The molecule has 0 aliphatic carbocycles. The van der Waals surface area contributed by atoms with E-state index in [0.717, 1.165) is 38.0 Å². The van der Waals surface area contributed by atoms with E-state index in [1.165, 1.54) is 5.56 Å². The van der Waals surface area contributed by atoms with Crippen molar-refractivity contribution in [2.24, 2.45) is 5.92 Å². The van der Waals surface area contributed by atoms with Crippen LogP contribution in [0.4, 0.5) is 0 Å². The van der Waals surface area contributed by atoms with Gasteiger partial charge in [-0.2, -0.15) is 0 Å². The van der Waals surface area contributed by atoms with Gasteiger partial charge in [-0.05, 0) is 30.0 Å². The minimum Gasteiger partial charge on any atom is -0.393 e. The molecule has 23 heavy (non-hydrogen) atoms. The molecule has 0 saturated carbocycles. The van der Waals surface area contributed by atoms with Crippen LogP contribution >= 0.6 is 23.2 Å². The van der Waals surface area contributed by atoms with Crippen molar-refractivity contribution in [2.75, 3.05) is 13.1 Å². The summed E-state index contributed by atoms with van der Waals surface area (Å²) in [6.45, 7) is 2.72. The lowest BCUT2D eigenvalue weighted by atomic mass is 9.88. The van der Waals surface area contributed by atoms with Gasteiger partial charge in [0.15, 0.2) is 0 Å². The number of benzene rings is 2. The first-order chi connectivity index (χ1) is 11.1. The maximum atomic E-state index is 10.4. The van der Waals surface area contributed by atoms with Gasteiger partial charge in [-0.25, -0.2) is 0 Å². The molecule has 0 bridgehead atoms. The van der Waals surface area contributed by atoms with Crippen LogP contribution in [-0.4, -0.2) is 29.2 Å². The average Bonchev–Trinajstić information content (AvgIpc) is 2.56. The molecular weight excluding hydrogens is 329 g/mol. The summed E-state index contributed by atoms with van der Waals surface area (Å²) >= 11 is 12.4. The van der Waals surface area contributed by atoms with Gasteiger partial charge in [0, 0.05) is 25.6 Å². The van der Waals surface area contributed by atoms with Gasteiger partial charge in [0.2, 0.25) is 0 Å². The van der Waals surface area contributed by atoms with E-state index in [4.69, 9.17) is 23.2 Å². The molecule has 1 saturated heterocycles. The minimum atomic E-state index is -0.280. The molecule has 2 aromatic carbocycles. The molecule has 0 radical (unpaired) electrons. The number of likely N-dealkylation sites (tertiary alicyclic amines) is 1. The highest BCUT2D eigenvalue weighted by Crippen LogP contribution is 2.30. The maximum absolute atomic E-state index is 10.4. The van der Waals surface area contributed by atoms with Gasteiger partial charge in [-0.1, -0.05) is 65.7 Å². The van der Waals surface area contributed by atoms with Crippen molar-refractivity contribution in [1.82, 2.24) is 4.90 Å². The van der Waals surface area contributed by atoms with E-state index in [1.54, 1.807) is 6.07 Å². The molecule has 3 rings (SSSR count). The van der Waals surface area contributed by atoms with Gasteiger partial charge in [-0.3, -0.25) is 4.90 Å². The largest absolute Gasteiger partial charge is 0.393 e. The first kappa shape index (κ1) is 16.8. The Morgan fingerprint density at radius 1 is 1.04 bits per heavy atom. The summed E-state index contributed by atoms with van der Waals surface area (Å²) in [5, 5.41) is 11.6. The van der Waals surface area contributed by atoms with E-state index in [0.29, 0.717) is 10.0 Å². The van der Waals surface area contributed by atoms with Crippen LogP contribution in [0.5, 0.6) is 0 Å². The summed E-state index contributed by atoms with van der Waals surface area (Å²) in [6.07, 6.45) is 1.28. The summed E-state index contributed by atoms with van der Waals surface area (Å²) < 4.78 is 0. The smallest absolute Gasteiger partial charge is 0.0624 e. The zero-order chi connectivity index (χ0) is 16.2. The SMILES string of the molecule is OC1CCN(Cc2ccccc2)CC1Cc1cccc(Cl)c1Cl. The summed E-state index contributed by atoms with van der Waals surface area (Å²) in [6, 6.07) is 16.2. The summed E-state index contributed by atoms with van der Waals surface area (Å²) in [5.74, 6) is 0.184. The van der Waals surface area contributed by atoms with Crippen molar-refractivity contribution in [3.8, 4) is 0 Å². The molecule has 2 unspecified atom stereocenters. The number of aliphatic hydroxyl groups excluding tert-OH is 1. The Morgan fingerprint density at radius 3 is 2.61 bits per heavy atom. The fraction of sp³-hybridized carbons (Fsp3) is 0.368. The Morgan fingerprint density at radius 2 is 1.83 bits per heavy atom. The molecule has 4 heteroatoms. The van der Waals surface area contributed by atoms with Gasteiger partial charge in [-0.15, -0.1) is 0 Å². The predicted molar refractivity (Wildman–Crippen MR) is 96.0 cm³/mol. The van der Waals surface area contributed by atoms with Crippen LogP contribution in [0.1, 0.15) is 17.5 Å². The van der Waals surface area contributed by atoms with Crippen molar-refractivity contribution < 1.29 is 5.11 Å². The van der Waals surface area contributed by atoms with E-state index in [1.807, 2.05) is 18.2 Å². The Kier molecular flexibility index (Phi) is 5.60. The van der Waals surface area contributed by atoms with Crippen LogP contribution in [0, 0.1) is 5.92 Å². The Balaban J connectivity index is 1.67. The molecule has 2 atom stereocenters. The van der Waals surface area contributed by atoms with Crippen LogP contribution in [0.2, 0.25) is 10.0 Å². The second-order valence-electron chi connectivity index (χ2n) is 6.25. The third-order valence-electron chi connectivity index (χ3n) is 4.54. The second kappa shape index (κ2) is 7.67. The Labute approximate surface area is 147 Å². The molecule has 122 valence electrons. The lowest BCUT2D eigenvalue weighted by molar-refractivity contribution is 0.0239. The van der Waals surface area contributed by atoms with Gasteiger partial charge in [0.25, 0.3) is 0 Å². The van der Waals surface area contributed by atoms with Crippen molar-refractivity contribution in [2.45, 2.75) is 25.5 Å². The minimum absolute atomic E-state index is 0.184. The van der Waals surface area contributed by atoms with E-state index in [-0.39, 0.29) is 12.0 Å². The highest BCUT2D eigenvalue weighted by Gasteiger charge is 2.28. The zero-order valence-corrected chi connectivity index (χ0v) is 14.5. The van der Waals surface area contributed by atoms with Crippen LogP contribution in [0.25, 0.3) is 0 Å². The van der Waals surface area contributed by atoms with E-state index < -0.39 is 0 Å². The normalized spacial score (nSPS) is 22.2. The highest BCUT2D eigenvalue weighted by atomic mass is 35.5.